The van der Waals surface area contributed by atoms with Crippen LogP contribution in [0, 0.1) is 6.92 Å². The Morgan fingerprint density at radius 3 is 2.36 bits per heavy atom. The van der Waals surface area contributed by atoms with Gasteiger partial charge in [-0.2, -0.15) is 5.10 Å². The van der Waals surface area contributed by atoms with Gasteiger partial charge in [-0.3, -0.25) is 9.48 Å². The number of carbonyl (C=O) groups excluding carboxylic acids is 1. The number of halogens is 2. The van der Waals surface area contributed by atoms with Crippen molar-refractivity contribution < 1.29 is 14.3 Å². The van der Waals surface area contributed by atoms with E-state index in [1.54, 1.807) is 41.1 Å². The van der Waals surface area contributed by atoms with Gasteiger partial charge in [-0.1, -0.05) is 35.3 Å². The molecule has 0 aliphatic heterocycles. The molecule has 1 N–H and O–H groups in total. The first-order valence-electron chi connectivity index (χ1n) is 8.43. The Bertz CT molecular complexity index is 996. The Hall–Kier alpha value is -2.70. The summed E-state index contributed by atoms with van der Waals surface area (Å²) in [6, 6.07) is 12.4. The Morgan fingerprint density at radius 1 is 1.07 bits per heavy atom. The van der Waals surface area contributed by atoms with Gasteiger partial charge in [0.1, 0.15) is 17.1 Å². The zero-order valence-electron chi connectivity index (χ0n) is 15.6. The topological polar surface area (TPSA) is 65.4 Å². The molecule has 1 aromatic heterocycles. The lowest BCUT2D eigenvalue weighted by Gasteiger charge is -2.12. The van der Waals surface area contributed by atoms with Gasteiger partial charge in [-0.25, -0.2) is 0 Å². The van der Waals surface area contributed by atoms with Crippen LogP contribution in [0.25, 0.3) is 0 Å². The minimum atomic E-state index is -0.367. The highest BCUT2D eigenvalue weighted by Gasteiger charge is 2.19. The Labute approximate surface area is 173 Å². The fraction of sp³-hybridized carbons (Fsp3) is 0.200. The van der Waals surface area contributed by atoms with E-state index in [0.717, 1.165) is 11.3 Å². The molecule has 6 nitrogen and oxygen atoms in total. The Balaban J connectivity index is 1.82. The third-order valence-corrected chi connectivity index (χ3v) is 4.93. The number of aryl methyl sites for hydroxylation is 1. The standard InChI is InChI=1S/C20H19Cl2N3O3/c1-12-9-18(24-25(12)11-13-7-8-14(21)15(22)10-13)23-20(26)19-16(27-2)5-4-6-17(19)28-3/h4-10H,11H2,1-3H3,(H,23,24,26). The third-order valence-electron chi connectivity index (χ3n) is 4.19. The first kappa shape index (κ1) is 20.0. The highest BCUT2D eigenvalue weighted by molar-refractivity contribution is 6.42. The quantitative estimate of drug-likeness (QED) is 0.621. The summed E-state index contributed by atoms with van der Waals surface area (Å²) in [6.45, 7) is 2.40. The zero-order chi connectivity index (χ0) is 20.3. The van der Waals surface area contributed by atoms with E-state index in [-0.39, 0.29) is 5.91 Å². The molecule has 28 heavy (non-hydrogen) atoms. The van der Waals surface area contributed by atoms with E-state index in [2.05, 4.69) is 10.4 Å². The van der Waals surface area contributed by atoms with E-state index in [0.29, 0.717) is 39.5 Å². The van der Waals surface area contributed by atoms with Crippen molar-refractivity contribution in [3.8, 4) is 11.5 Å². The molecule has 0 fully saturated rings. The smallest absolute Gasteiger partial charge is 0.264 e. The molecule has 2 aromatic carbocycles. The molecule has 0 atom stereocenters. The minimum Gasteiger partial charge on any atom is -0.496 e. The van der Waals surface area contributed by atoms with E-state index in [1.807, 2.05) is 13.0 Å². The molecule has 8 heteroatoms. The van der Waals surface area contributed by atoms with Crippen LogP contribution in [0.5, 0.6) is 11.5 Å². The van der Waals surface area contributed by atoms with Crippen LogP contribution in [-0.2, 0) is 6.54 Å². The number of carbonyl (C=O) groups is 1. The molecule has 146 valence electrons. The molecule has 3 rings (SSSR count). The minimum absolute atomic E-state index is 0.309. The fourth-order valence-corrected chi connectivity index (χ4v) is 3.12. The van der Waals surface area contributed by atoms with Crippen molar-refractivity contribution >= 4 is 34.9 Å². The summed E-state index contributed by atoms with van der Waals surface area (Å²) >= 11 is 12.0. The van der Waals surface area contributed by atoms with E-state index in [4.69, 9.17) is 32.7 Å². The van der Waals surface area contributed by atoms with Crippen LogP contribution in [0.1, 0.15) is 21.6 Å². The predicted octanol–water partition coefficient (Wildman–Crippen LogP) is 4.82. The fourth-order valence-electron chi connectivity index (χ4n) is 2.80. The number of ether oxygens (including phenoxy) is 2. The predicted molar refractivity (Wildman–Crippen MR) is 110 cm³/mol. The molecular formula is C20H19Cl2N3O3. The molecule has 1 heterocycles. The normalized spacial score (nSPS) is 10.6. The average molecular weight is 420 g/mol. The average Bonchev–Trinajstić information content (AvgIpc) is 3.02. The maximum atomic E-state index is 12.8. The van der Waals surface area contributed by atoms with Gasteiger partial charge in [0.15, 0.2) is 5.82 Å². The van der Waals surface area contributed by atoms with Crippen molar-refractivity contribution in [1.29, 1.82) is 0 Å². The van der Waals surface area contributed by atoms with E-state index in [1.165, 1.54) is 14.2 Å². The summed E-state index contributed by atoms with van der Waals surface area (Å²) in [5.74, 6) is 0.900. The number of hydrogen-bond donors (Lipinski definition) is 1. The molecule has 3 aromatic rings. The van der Waals surface area contributed by atoms with E-state index >= 15 is 0 Å². The van der Waals surface area contributed by atoms with Crippen LogP contribution in [-0.4, -0.2) is 29.9 Å². The molecule has 0 spiro atoms. The van der Waals surface area contributed by atoms with Crippen molar-refractivity contribution in [3.63, 3.8) is 0 Å². The summed E-state index contributed by atoms with van der Waals surface area (Å²) in [5.41, 5.74) is 2.14. The van der Waals surface area contributed by atoms with Crippen molar-refractivity contribution in [1.82, 2.24) is 9.78 Å². The number of anilines is 1. The molecule has 0 unspecified atom stereocenters. The van der Waals surface area contributed by atoms with Crippen LogP contribution in [0.15, 0.2) is 42.5 Å². The number of nitrogens with zero attached hydrogens (tertiary/aromatic N) is 2. The largest absolute Gasteiger partial charge is 0.496 e. The number of amides is 1. The number of aromatic nitrogens is 2. The first-order chi connectivity index (χ1) is 13.4. The van der Waals surface area contributed by atoms with E-state index in [9.17, 15) is 4.79 Å². The number of methoxy groups -OCH3 is 2. The Morgan fingerprint density at radius 2 is 1.75 bits per heavy atom. The van der Waals surface area contributed by atoms with Gasteiger partial charge in [-0.05, 0) is 36.8 Å². The van der Waals surface area contributed by atoms with Gasteiger partial charge < -0.3 is 14.8 Å². The monoisotopic (exact) mass is 419 g/mol. The summed E-state index contributed by atoms with van der Waals surface area (Å²) in [6.07, 6.45) is 0. The molecule has 0 bridgehead atoms. The number of rotatable bonds is 6. The van der Waals surface area contributed by atoms with Crippen molar-refractivity contribution in [2.75, 3.05) is 19.5 Å². The maximum absolute atomic E-state index is 12.8. The van der Waals surface area contributed by atoms with Crippen LogP contribution < -0.4 is 14.8 Å². The number of hydrogen-bond acceptors (Lipinski definition) is 4. The highest BCUT2D eigenvalue weighted by atomic mass is 35.5. The molecular weight excluding hydrogens is 401 g/mol. The highest BCUT2D eigenvalue weighted by Crippen LogP contribution is 2.29. The molecule has 0 aliphatic carbocycles. The van der Waals surface area contributed by atoms with E-state index < -0.39 is 0 Å². The van der Waals surface area contributed by atoms with Crippen LogP contribution in [0.3, 0.4) is 0 Å². The van der Waals surface area contributed by atoms with Gasteiger partial charge in [0.05, 0.1) is 30.8 Å². The summed E-state index contributed by atoms with van der Waals surface area (Å²) in [5, 5.41) is 8.25. The molecule has 0 aliphatic rings. The van der Waals surface area contributed by atoms with Crippen molar-refractivity contribution in [2.24, 2.45) is 0 Å². The summed E-state index contributed by atoms with van der Waals surface area (Å²) < 4.78 is 12.3. The SMILES string of the molecule is COc1cccc(OC)c1C(=O)Nc1cc(C)n(Cc2ccc(Cl)c(Cl)c2)n1. The van der Waals surface area contributed by atoms with Gasteiger partial charge in [0, 0.05) is 11.8 Å². The lowest BCUT2D eigenvalue weighted by molar-refractivity contribution is 0.102. The zero-order valence-corrected chi connectivity index (χ0v) is 17.1. The lowest BCUT2D eigenvalue weighted by Crippen LogP contribution is -2.15. The van der Waals surface area contributed by atoms with Crippen LogP contribution >= 0.6 is 23.2 Å². The second-order valence-electron chi connectivity index (χ2n) is 6.07. The van der Waals surface area contributed by atoms with Gasteiger partial charge >= 0.3 is 0 Å². The first-order valence-corrected chi connectivity index (χ1v) is 9.19. The summed E-state index contributed by atoms with van der Waals surface area (Å²) in [4.78, 5) is 12.8. The number of benzene rings is 2. The van der Waals surface area contributed by atoms with Gasteiger partial charge in [0.2, 0.25) is 0 Å². The molecule has 1 amide bonds. The second-order valence-corrected chi connectivity index (χ2v) is 6.88. The van der Waals surface area contributed by atoms with Crippen molar-refractivity contribution in [3.05, 3.63) is 69.3 Å². The third kappa shape index (κ3) is 4.24. The number of nitrogens with one attached hydrogen (secondary N) is 1. The molecule has 0 radical (unpaired) electrons. The van der Waals surface area contributed by atoms with Gasteiger partial charge in [0.25, 0.3) is 5.91 Å². The summed E-state index contributed by atoms with van der Waals surface area (Å²) in [7, 11) is 3.00. The molecule has 0 saturated carbocycles. The second kappa shape index (κ2) is 8.54. The van der Waals surface area contributed by atoms with Crippen LogP contribution in [0.4, 0.5) is 5.82 Å². The van der Waals surface area contributed by atoms with Crippen molar-refractivity contribution in [2.45, 2.75) is 13.5 Å². The lowest BCUT2D eigenvalue weighted by atomic mass is 10.1. The maximum Gasteiger partial charge on any atom is 0.264 e. The Kier molecular flexibility index (Phi) is 6.11. The molecule has 0 saturated heterocycles. The van der Waals surface area contributed by atoms with Crippen LogP contribution in [0.2, 0.25) is 10.0 Å². The van der Waals surface area contributed by atoms with Gasteiger partial charge in [-0.15, -0.1) is 0 Å².